The van der Waals surface area contributed by atoms with Crippen molar-refractivity contribution >= 4 is 11.9 Å². The molecule has 8 heteroatoms. The second-order valence-corrected chi connectivity index (χ2v) is 9.69. The summed E-state index contributed by atoms with van der Waals surface area (Å²) >= 11 is 0. The van der Waals surface area contributed by atoms with Gasteiger partial charge in [0.25, 0.3) is 0 Å². The van der Waals surface area contributed by atoms with Gasteiger partial charge in [-0.3, -0.25) is 9.88 Å². The number of hydrogen-bond acceptors (Lipinski definition) is 7. The molecule has 1 unspecified atom stereocenters. The smallest absolute Gasteiger partial charge is 0.410 e. The van der Waals surface area contributed by atoms with Crippen molar-refractivity contribution in [1.29, 1.82) is 0 Å². The van der Waals surface area contributed by atoms with Crippen LogP contribution in [-0.2, 0) is 17.7 Å². The average molecular weight is 439 g/mol. The number of ether oxygens (including phenoxy) is 1. The maximum Gasteiger partial charge on any atom is 0.410 e. The minimum Gasteiger partial charge on any atom is -0.444 e. The van der Waals surface area contributed by atoms with Crippen LogP contribution < -0.4 is 4.90 Å². The number of anilines is 1. The van der Waals surface area contributed by atoms with Gasteiger partial charge in [-0.25, -0.2) is 14.8 Å². The number of hydrogen-bond donors (Lipinski definition) is 0. The number of piperazine rings is 1. The Morgan fingerprint density at radius 1 is 1.19 bits per heavy atom. The molecule has 32 heavy (non-hydrogen) atoms. The zero-order valence-electron chi connectivity index (χ0n) is 19.6. The van der Waals surface area contributed by atoms with Crippen molar-refractivity contribution in [2.75, 3.05) is 38.1 Å². The molecule has 2 aromatic rings. The molecule has 2 aromatic heterocycles. The highest BCUT2D eigenvalue weighted by molar-refractivity contribution is 5.68. The Labute approximate surface area is 190 Å². The third kappa shape index (κ3) is 5.35. The van der Waals surface area contributed by atoms with E-state index in [0.29, 0.717) is 19.1 Å². The summed E-state index contributed by atoms with van der Waals surface area (Å²) in [5.74, 6) is 0.911. The molecule has 172 valence electrons. The second-order valence-electron chi connectivity index (χ2n) is 9.69. The first-order chi connectivity index (χ1) is 15.3. The zero-order valence-corrected chi connectivity index (χ0v) is 19.6. The van der Waals surface area contributed by atoms with Crippen LogP contribution in [0.1, 0.15) is 56.6 Å². The quantitative estimate of drug-likeness (QED) is 0.724. The van der Waals surface area contributed by atoms with Crippen LogP contribution in [0.25, 0.3) is 0 Å². The van der Waals surface area contributed by atoms with Crippen molar-refractivity contribution < 1.29 is 9.53 Å². The molecule has 1 atom stereocenters. The van der Waals surface area contributed by atoms with E-state index in [1.54, 1.807) is 11.2 Å². The molecule has 4 rings (SSSR count). The van der Waals surface area contributed by atoms with Crippen molar-refractivity contribution in [3.05, 3.63) is 47.7 Å². The highest BCUT2D eigenvalue weighted by Gasteiger charge is 2.27. The summed E-state index contributed by atoms with van der Waals surface area (Å²) in [6, 6.07) is 6.61. The lowest BCUT2D eigenvalue weighted by molar-refractivity contribution is 0.0240. The number of pyridine rings is 1. The molecule has 1 amide bonds. The highest BCUT2D eigenvalue weighted by Crippen LogP contribution is 2.32. The highest BCUT2D eigenvalue weighted by atomic mass is 16.6. The maximum atomic E-state index is 12.3. The van der Waals surface area contributed by atoms with Crippen LogP contribution in [-0.4, -0.2) is 69.7 Å². The van der Waals surface area contributed by atoms with Gasteiger partial charge in [0.2, 0.25) is 0 Å². The molecule has 0 bridgehead atoms. The number of aromatic nitrogens is 3. The number of carbonyl (C=O) groups is 1. The summed E-state index contributed by atoms with van der Waals surface area (Å²) in [5, 5.41) is 0. The van der Waals surface area contributed by atoms with Gasteiger partial charge >= 0.3 is 6.09 Å². The summed E-state index contributed by atoms with van der Waals surface area (Å²) in [5.41, 5.74) is 3.08. The Kier molecular flexibility index (Phi) is 6.60. The number of carbonyl (C=O) groups excluding carboxylic acids is 1. The average Bonchev–Trinajstić information content (AvgIpc) is 2.78. The van der Waals surface area contributed by atoms with Crippen LogP contribution in [0.2, 0.25) is 0 Å². The molecule has 1 aliphatic carbocycles. The Balaban J connectivity index is 1.37. The fourth-order valence-corrected chi connectivity index (χ4v) is 4.47. The van der Waals surface area contributed by atoms with E-state index in [1.807, 2.05) is 33.0 Å². The lowest BCUT2D eigenvalue weighted by atomic mass is 9.91. The predicted octanol–water partition coefficient (Wildman–Crippen LogP) is 3.44. The van der Waals surface area contributed by atoms with E-state index in [9.17, 15) is 4.79 Å². The third-order valence-electron chi connectivity index (χ3n) is 6.07. The van der Waals surface area contributed by atoms with Gasteiger partial charge in [0.1, 0.15) is 17.7 Å². The van der Waals surface area contributed by atoms with Gasteiger partial charge in [-0.2, -0.15) is 0 Å². The topological polar surface area (TPSA) is 74.7 Å². The number of rotatable bonds is 4. The van der Waals surface area contributed by atoms with Crippen molar-refractivity contribution in [3.63, 3.8) is 0 Å². The largest absolute Gasteiger partial charge is 0.444 e. The van der Waals surface area contributed by atoms with Crippen LogP contribution in [0.3, 0.4) is 0 Å². The van der Waals surface area contributed by atoms with E-state index in [-0.39, 0.29) is 6.09 Å². The summed E-state index contributed by atoms with van der Waals surface area (Å²) in [6.07, 6.45) is 6.70. The summed E-state index contributed by atoms with van der Waals surface area (Å²) in [6.45, 7) is 9.12. The van der Waals surface area contributed by atoms with E-state index in [0.717, 1.165) is 44.0 Å². The Morgan fingerprint density at radius 2 is 1.97 bits per heavy atom. The fraction of sp³-hybridized carbons (Fsp3) is 0.583. The first kappa shape index (κ1) is 22.5. The predicted molar refractivity (Wildman–Crippen MR) is 123 cm³/mol. The fourth-order valence-electron chi connectivity index (χ4n) is 4.47. The van der Waals surface area contributed by atoms with E-state index in [1.165, 1.54) is 17.7 Å². The lowest BCUT2D eigenvalue weighted by Gasteiger charge is -2.36. The SMILES string of the molecule is CN(Cc1cc(N2CCN(C(=O)OC(C)(C)C)CC2)ncn1)C1CCCc2cccnc21. The number of nitrogens with zero attached hydrogens (tertiary/aromatic N) is 6. The molecule has 8 nitrogen and oxygen atoms in total. The summed E-state index contributed by atoms with van der Waals surface area (Å²) < 4.78 is 5.50. The van der Waals surface area contributed by atoms with Crippen LogP contribution in [0.15, 0.2) is 30.7 Å². The van der Waals surface area contributed by atoms with Crippen molar-refractivity contribution in [2.45, 2.75) is 58.2 Å². The first-order valence-corrected chi connectivity index (χ1v) is 11.5. The molecule has 0 saturated carbocycles. The maximum absolute atomic E-state index is 12.3. The van der Waals surface area contributed by atoms with Gasteiger partial charge in [-0.05, 0) is 58.7 Å². The molecular weight excluding hydrogens is 404 g/mol. The van der Waals surface area contributed by atoms with Gasteiger partial charge in [-0.15, -0.1) is 0 Å². The molecule has 1 saturated heterocycles. The Bertz CT molecular complexity index is 936. The molecule has 0 aromatic carbocycles. The standard InChI is InChI=1S/C24H34N6O2/c1-24(2,3)32-23(31)30-13-11-29(12-14-30)21-15-19(26-17-27-21)16-28(4)20-9-5-7-18-8-6-10-25-22(18)20/h6,8,10,15,17,20H,5,7,9,11-14,16H2,1-4H3. The monoisotopic (exact) mass is 438 g/mol. The third-order valence-corrected chi connectivity index (χ3v) is 6.07. The minimum absolute atomic E-state index is 0.247. The van der Waals surface area contributed by atoms with Crippen LogP contribution in [0.4, 0.5) is 10.6 Å². The Hall–Kier alpha value is -2.74. The summed E-state index contributed by atoms with van der Waals surface area (Å²) in [7, 11) is 2.15. The van der Waals surface area contributed by atoms with Gasteiger partial charge in [0.05, 0.1) is 17.4 Å². The zero-order chi connectivity index (χ0) is 22.7. The molecule has 1 aliphatic heterocycles. The van der Waals surface area contributed by atoms with Gasteiger partial charge < -0.3 is 14.5 Å². The van der Waals surface area contributed by atoms with Gasteiger partial charge in [0, 0.05) is 45.0 Å². The van der Waals surface area contributed by atoms with Crippen LogP contribution in [0.5, 0.6) is 0 Å². The number of amides is 1. The lowest BCUT2D eigenvalue weighted by Crippen LogP contribution is -2.50. The van der Waals surface area contributed by atoms with Gasteiger partial charge in [-0.1, -0.05) is 6.07 Å². The normalized spacial score (nSPS) is 19.1. The molecular formula is C24H34N6O2. The van der Waals surface area contributed by atoms with E-state index >= 15 is 0 Å². The van der Waals surface area contributed by atoms with E-state index in [4.69, 9.17) is 4.74 Å². The van der Waals surface area contributed by atoms with Gasteiger partial charge in [0.15, 0.2) is 0 Å². The van der Waals surface area contributed by atoms with E-state index in [2.05, 4.69) is 43.9 Å². The first-order valence-electron chi connectivity index (χ1n) is 11.5. The van der Waals surface area contributed by atoms with Crippen molar-refractivity contribution in [3.8, 4) is 0 Å². The molecule has 2 aliphatic rings. The van der Waals surface area contributed by atoms with E-state index < -0.39 is 5.60 Å². The molecule has 3 heterocycles. The number of aryl methyl sites for hydroxylation is 1. The van der Waals surface area contributed by atoms with Crippen molar-refractivity contribution in [2.24, 2.45) is 0 Å². The van der Waals surface area contributed by atoms with Crippen molar-refractivity contribution in [1.82, 2.24) is 24.8 Å². The molecule has 1 fully saturated rings. The second kappa shape index (κ2) is 9.40. The summed E-state index contributed by atoms with van der Waals surface area (Å²) in [4.78, 5) is 32.3. The van der Waals surface area contributed by atoms with Crippen LogP contribution in [0, 0.1) is 0 Å². The van der Waals surface area contributed by atoms with Crippen LogP contribution >= 0.6 is 0 Å². The Morgan fingerprint density at radius 3 is 2.72 bits per heavy atom. The minimum atomic E-state index is -0.476. The molecule has 0 N–H and O–H groups in total. The number of fused-ring (bicyclic) bond motifs is 1. The molecule has 0 spiro atoms. The molecule has 0 radical (unpaired) electrons.